The van der Waals surface area contributed by atoms with Crippen LogP contribution in [-0.4, -0.2) is 59.1 Å². The lowest BCUT2D eigenvalue weighted by molar-refractivity contribution is -0.127. The number of ether oxygens (including phenoxy) is 1. The molecule has 0 saturated carbocycles. The Morgan fingerprint density at radius 2 is 1.97 bits per heavy atom. The molecular weight excluding hydrogens is 370 g/mol. The molecule has 1 saturated heterocycles. The van der Waals surface area contributed by atoms with Crippen molar-refractivity contribution in [2.24, 2.45) is 5.92 Å². The fourth-order valence-electron chi connectivity index (χ4n) is 3.35. The molecule has 29 heavy (non-hydrogen) atoms. The van der Waals surface area contributed by atoms with E-state index in [-0.39, 0.29) is 12.0 Å². The average Bonchev–Trinajstić information content (AvgIpc) is 3.08. The lowest BCUT2D eigenvalue weighted by atomic mass is 9.96. The van der Waals surface area contributed by atoms with Gasteiger partial charge in [-0.25, -0.2) is 9.78 Å². The minimum Gasteiger partial charge on any atom is -0.444 e. The van der Waals surface area contributed by atoms with E-state index in [0.717, 1.165) is 18.4 Å². The first-order chi connectivity index (χ1) is 13.7. The standard InChI is InChI=1S/C22H29N3O4/c1-22(2,3)29-21(27)24(4)15-16-11-13-25(14-12-16)20(26)10-9-19-23-17-7-5-6-8-18(17)28-19/h5-10,16H,11-15H2,1-4H3/b10-9+. The second-order valence-electron chi connectivity index (χ2n) is 8.48. The third-order valence-electron chi connectivity index (χ3n) is 4.84. The number of oxazole rings is 1. The van der Waals surface area contributed by atoms with Crippen molar-refractivity contribution < 1.29 is 18.7 Å². The van der Waals surface area contributed by atoms with E-state index >= 15 is 0 Å². The molecule has 1 fully saturated rings. The van der Waals surface area contributed by atoms with Gasteiger partial charge in [-0.05, 0) is 51.7 Å². The van der Waals surface area contributed by atoms with Gasteiger partial charge in [-0.3, -0.25) is 4.79 Å². The van der Waals surface area contributed by atoms with Crippen molar-refractivity contribution in [3.63, 3.8) is 0 Å². The molecule has 2 aromatic rings. The Morgan fingerprint density at radius 1 is 1.28 bits per heavy atom. The summed E-state index contributed by atoms with van der Waals surface area (Å²) in [5, 5.41) is 0. The predicted octanol–water partition coefficient (Wildman–Crippen LogP) is 3.95. The van der Waals surface area contributed by atoms with E-state index in [4.69, 9.17) is 9.15 Å². The number of carbonyl (C=O) groups excluding carboxylic acids is 2. The fourth-order valence-corrected chi connectivity index (χ4v) is 3.35. The third-order valence-corrected chi connectivity index (χ3v) is 4.84. The minimum absolute atomic E-state index is 0.0498. The van der Waals surface area contributed by atoms with Crippen LogP contribution in [0.25, 0.3) is 17.2 Å². The number of hydrogen-bond acceptors (Lipinski definition) is 5. The van der Waals surface area contributed by atoms with Crippen molar-refractivity contribution in [1.29, 1.82) is 0 Å². The summed E-state index contributed by atoms with van der Waals surface area (Å²) >= 11 is 0. The molecule has 7 nitrogen and oxygen atoms in total. The molecule has 2 amide bonds. The number of hydrogen-bond donors (Lipinski definition) is 0. The molecule has 3 rings (SSSR count). The number of para-hydroxylation sites is 2. The van der Waals surface area contributed by atoms with Crippen LogP contribution in [0.5, 0.6) is 0 Å². The zero-order valence-corrected chi connectivity index (χ0v) is 17.6. The molecule has 0 atom stereocenters. The summed E-state index contributed by atoms with van der Waals surface area (Å²) in [7, 11) is 1.76. The first kappa shape index (κ1) is 20.9. The van der Waals surface area contributed by atoms with Crippen LogP contribution >= 0.6 is 0 Å². The maximum Gasteiger partial charge on any atom is 0.410 e. The van der Waals surface area contributed by atoms with Gasteiger partial charge < -0.3 is 19.0 Å². The summed E-state index contributed by atoms with van der Waals surface area (Å²) in [4.78, 5) is 32.4. The molecule has 2 heterocycles. The topological polar surface area (TPSA) is 75.9 Å². The highest BCUT2D eigenvalue weighted by molar-refractivity contribution is 5.91. The molecule has 1 aliphatic rings. The molecule has 156 valence electrons. The van der Waals surface area contributed by atoms with Crippen molar-refractivity contribution in [3.8, 4) is 0 Å². The Morgan fingerprint density at radius 3 is 2.62 bits per heavy atom. The highest BCUT2D eigenvalue weighted by Gasteiger charge is 2.26. The summed E-state index contributed by atoms with van der Waals surface area (Å²) in [5.41, 5.74) is 0.978. The number of piperidine rings is 1. The van der Waals surface area contributed by atoms with Gasteiger partial charge in [0, 0.05) is 38.8 Å². The molecule has 0 aliphatic carbocycles. The first-order valence-corrected chi connectivity index (χ1v) is 9.98. The Hall–Kier alpha value is -2.83. The number of nitrogens with zero attached hydrogens (tertiary/aromatic N) is 3. The van der Waals surface area contributed by atoms with Gasteiger partial charge in [-0.2, -0.15) is 0 Å². The molecule has 1 aromatic carbocycles. The van der Waals surface area contributed by atoms with Crippen LogP contribution in [0.3, 0.4) is 0 Å². The summed E-state index contributed by atoms with van der Waals surface area (Å²) in [6.07, 6.45) is 4.53. The first-order valence-electron chi connectivity index (χ1n) is 9.98. The summed E-state index contributed by atoms with van der Waals surface area (Å²) < 4.78 is 11.0. The molecule has 1 aliphatic heterocycles. The van der Waals surface area contributed by atoms with Gasteiger partial charge in [0.1, 0.15) is 11.1 Å². The van der Waals surface area contributed by atoms with Gasteiger partial charge in [-0.1, -0.05) is 12.1 Å². The van der Waals surface area contributed by atoms with Crippen molar-refractivity contribution in [2.45, 2.75) is 39.2 Å². The Kier molecular flexibility index (Phi) is 6.25. The number of carbonyl (C=O) groups is 2. The van der Waals surface area contributed by atoms with E-state index in [0.29, 0.717) is 37.0 Å². The molecule has 7 heteroatoms. The number of amides is 2. The van der Waals surface area contributed by atoms with E-state index < -0.39 is 5.60 Å². The summed E-state index contributed by atoms with van der Waals surface area (Å²) in [6.45, 7) is 7.55. The quantitative estimate of drug-likeness (QED) is 0.728. The maximum atomic E-state index is 12.5. The minimum atomic E-state index is -0.498. The largest absolute Gasteiger partial charge is 0.444 e. The van der Waals surface area contributed by atoms with Crippen LogP contribution in [0.4, 0.5) is 4.79 Å². The number of fused-ring (bicyclic) bond motifs is 1. The van der Waals surface area contributed by atoms with Crippen molar-refractivity contribution >= 4 is 29.2 Å². The number of benzene rings is 1. The molecule has 0 unspecified atom stereocenters. The Balaban J connectivity index is 1.47. The SMILES string of the molecule is CN(CC1CCN(C(=O)/C=C/c2nc3ccccc3o2)CC1)C(=O)OC(C)(C)C. The van der Waals surface area contributed by atoms with Crippen molar-refractivity contribution in [3.05, 3.63) is 36.2 Å². The number of aromatic nitrogens is 1. The highest BCUT2D eigenvalue weighted by atomic mass is 16.6. The molecule has 0 spiro atoms. The lowest BCUT2D eigenvalue weighted by Crippen LogP contribution is -2.42. The molecular formula is C22H29N3O4. The van der Waals surface area contributed by atoms with Crippen LogP contribution < -0.4 is 0 Å². The van der Waals surface area contributed by atoms with Gasteiger partial charge in [0.25, 0.3) is 0 Å². The second kappa shape index (κ2) is 8.68. The Bertz CT molecular complexity index is 856. The zero-order chi connectivity index (χ0) is 21.0. The van der Waals surface area contributed by atoms with Crippen LogP contribution in [0.2, 0.25) is 0 Å². The maximum absolute atomic E-state index is 12.5. The van der Waals surface area contributed by atoms with Gasteiger partial charge in [-0.15, -0.1) is 0 Å². The van der Waals surface area contributed by atoms with E-state index in [9.17, 15) is 9.59 Å². The lowest BCUT2D eigenvalue weighted by Gasteiger charge is -2.33. The molecule has 0 bridgehead atoms. The Labute approximate surface area is 171 Å². The normalized spacial score (nSPS) is 15.8. The van der Waals surface area contributed by atoms with Crippen LogP contribution in [0.1, 0.15) is 39.5 Å². The van der Waals surface area contributed by atoms with Crippen molar-refractivity contribution in [2.75, 3.05) is 26.7 Å². The van der Waals surface area contributed by atoms with Gasteiger partial charge >= 0.3 is 6.09 Å². The third kappa shape index (κ3) is 5.82. The monoisotopic (exact) mass is 399 g/mol. The van der Waals surface area contributed by atoms with E-state index in [1.807, 2.05) is 49.9 Å². The smallest absolute Gasteiger partial charge is 0.410 e. The number of rotatable bonds is 4. The van der Waals surface area contributed by atoms with Gasteiger partial charge in [0.2, 0.25) is 11.8 Å². The van der Waals surface area contributed by atoms with Gasteiger partial charge in [0.05, 0.1) is 0 Å². The van der Waals surface area contributed by atoms with Crippen LogP contribution in [0.15, 0.2) is 34.8 Å². The van der Waals surface area contributed by atoms with E-state index in [2.05, 4.69) is 4.98 Å². The summed E-state index contributed by atoms with van der Waals surface area (Å²) in [6, 6.07) is 7.50. The van der Waals surface area contributed by atoms with Crippen LogP contribution in [-0.2, 0) is 9.53 Å². The molecule has 0 radical (unpaired) electrons. The number of likely N-dealkylation sites (tertiary alicyclic amines) is 1. The van der Waals surface area contributed by atoms with E-state index in [1.54, 1.807) is 18.0 Å². The average molecular weight is 399 g/mol. The molecule has 0 N–H and O–H groups in total. The summed E-state index contributed by atoms with van der Waals surface area (Å²) in [5.74, 6) is 0.734. The van der Waals surface area contributed by atoms with E-state index in [1.165, 1.54) is 6.08 Å². The fraction of sp³-hybridized carbons (Fsp3) is 0.500. The van der Waals surface area contributed by atoms with Crippen molar-refractivity contribution in [1.82, 2.24) is 14.8 Å². The van der Waals surface area contributed by atoms with Crippen LogP contribution in [0, 0.1) is 5.92 Å². The molecule has 1 aromatic heterocycles. The zero-order valence-electron chi connectivity index (χ0n) is 17.6. The second-order valence-corrected chi connectivity index (χ2v) is 8.48. The van der Waals surface area contributed by atoms with Gasteiger partial charge in [0.15, 0.2) is 5.58 Å². The highest BCUT2D eigenvalue weighted by Crippen LogP contribution is 2.20. The predicted molar refractivity (Wildman–Crippen MR) is 111 cm³/mol.